The molecule has 3 aliphatic rings. The fourth-order valence-electron chi connectivity index (χ4n) is 13.4. The summed E-state index contributed by atoms with van der Waals surface area (Å²) in [5.41, 5.74) is 23.4. The molecule has 0 atom stereocenters. The second kappa shape index (κ2) is 12.2. The first-order chi connectivity index (χ1) is 33.0. The van der Waals surface area contributed by atoms with E-state index >= 15 is 0 Å². The van der Waals surface area contributed by atoms with Gasteiger partial charge in [-0.15, -0.1) is 0 Å². The summed E-state index contributed by atoms with van der Waals surface area (Å²) in [6.07, 6.45) is 0. The predicted octanol–water partition coefficient (Wildman–Crippen LogP) is 14.7. The quantitative estimate of drug-likeness (QED) is 0.146. The van der Waals surface area contributed by atoms with Gasteiger partial charge in [-0.1, -0.05) is 163 Å². The van der Waals surface area contributed by atoms with E-state index in [9.17, 15) is 0 Å². The zero-order valence-electron chi connectivity index (χ0n) is 39.1. The van der Waals surface area contributed by atoms with Gasteiger partial charge in [0.2, 0.25) is 0 Å². The number of benzene rings is 10. The predicted molar refractivity (Wildman–Crippen MR) is 291 cm³/mol. The van der Waals surface area contributed by atoms with Crippen molar-refractivity contribution < 1.29 is 0 Å². The summed E-state index contributed by atoms with van der Waals surface area (Å²) in [5, 5.41) is 13.2. The van der Waals surface area contributed by atoms with Gasteiger partial charge in [0.05, 0.1) is 33.3 Å². The normalized spacial score (nSPS) is 13.7. The third-order valence-electron chi connectivity index (χ3n) is 16.4. The summed E-state index contributed by atoms with van der Waals surface area (Å²) in [6, 6.07) is 66.0. The van der Waals surface area contributed by atoms with Crippen molar-refractivity contribution in [3.05, 3.63) is 181 Å². The first-order valence-corrected chi connectivity index (χ1v) is 24.4. The molecular formula is C64H46BN3. The zero-order chi connectivity index (χ0) is 45.3. The molecule has 0 radical (unpaired) electrons. The number of hydrogen-bond donors (Lipinski definition) is 0. The molecule has 3 nitrogen and oxygen atoms in total. The maximum absolute atomic E-state index is 2.68. The van der Waals surface area contributed by atoms with Crippen LogP contribution in [-0.2, 0) is 10.8 Å². The maximum atomic E-state index is 2.68. The van der Waals surface area contributed by atoms with Crippen molar-refractivity contribution in [3.63, 3.8) is 0 Å². The van der Waals surface area contributed by atoms with Gasteiger partial charge >= 0.3 is 0 Å². The van der Waals surface area contributed by atoms with Gasteiger partial charge in [0.15, 0.2) is 0 Å². The minimum absolute atomic E-state index is 0.00783. The number of nitrogens with zero attached hydrogens (tertiary/aromatic N) is 3. The van der Waals surface area contributed by atoms with Crippen molar-refractivity contribution in [2.75, 3.05) is 0 Å². The fraction of sp³-hybridized carbons (Fsp3) is 0.125. The van der Waals surface area contributed by atoms with Crippen LogP contribution in [0.3, 0.4) is 0 Å². The third kappa shape index (κ3) is 4.43. The molecule has 0 N–H and O–H groups in total. The number of fused-ring (bicyclic) bond motifs is 16. The third-order valence-corrected chi connectivity index (χ3v) is 16.4. The molecule has 0 spiro atoms. The van der Waals surface area contributed by atoms with Crippen LogP contribution in [0.1, 0.15) is 52.7 Å². The Labute approximate surface area is 394 Å². The summed E-state index contributed by atoms with van der Waals surface area (Å²) in [7, 11) is 0. The van der Waals surface area contributed by atoms with E-state index in [0.29, 0.717) is 0 Å². The van der Waals surface area contributed by atoms with Crippen molar-refractivity contribution in [1.29, 1.82) is 0 Å². The smallest absolute Gasteiger partial charge is 0.252 e. The first-order valence-electron chi connectivity index (χ1n) is 24.4. The molecule has 2 aliphatic heterocycles. The van der Waals surface area contributed by atoms with E-state index in [1.165, 1.54) is 154 Å². The molecule has 3 aromatic heterocycles. The van der Waals surface area contributed by atoms with E-state index in [1.807, 2.05) is 0 Å². The summed E-state index contributed by atoms with van der Waals surface area (Å²) in [6.45, 7) is 14.0. The number of para-hydroxylation sites is 1. The second-order valence-corrected chi connectivity index (χ2v) is 22.1. The van der Waals surface area contributed by atoms with Gasteiger partial charge in [0, 0.05) is 49.2 Å². The van der Waals surface area contributed by atoms with Crippen molar-refractivity contribution >= 4 is 110 Å². The molecule has 16 rings (SSSR count). The topological polar surface area (TPSA) is 14.8 Å². The molecule has 320 valence electrons. The van der Waals surface area contributed by atoms with Crippen LogP contribution in [0.25, 0.3) is 126 Å². The lowest BCUT2D eigenvalue weighted by Gasteiger charge is -2.34. The molecule has 0 bridgehead atoms. The van der Waals surface area contributed by atoms with Crippen molar-refractivity contribution in [2.24, 2.45) is 0 Å². The Morgan fingerprint density at radius 3 is 1.60 bits per heavy atom. The second-order valence-electron chi connectivity index (χ2n) is 22.1. The molecular weight excluding hydrogens is 822 g/mol. The molecule has 0 saturated heterocycles. The number of aromatic nitrogens is 3. The van der Waals surface area contributed by atoms with E-state index in [-0.39, 0.29) is 17.5 Å². The van der Waals surface area contributed by atoms with Gasteiger partial charge < -0.3 is 13.7 Å². The lowest BCUT2D eigenvalue weighted by molar-refractivity contribution is 0.590. The monoisotopic (exact) mass is 867 g/mol. The van der Waals surface area contributed by atoms with Crippen LogP contribution in [-0.4, -0.2) is 20.4 Å². The Morgan fingerprint density at radius 2 is 0.897 bits per heavy atom. The molecule has 68 heavy (non-hydrogen) atoms. The van der Waals surface area contributed by atoms with E-state index < -0.39 is 0 Å². The lowest BCUT2D eigenvalue weighted by Crippen LogP contribution is -2.59. The molecule has 0 amide bonds. The average molecular weight is 868 g/mol. The van der Waals surface area contributed by atoms with Crippen LogP contribution in [0.5, 0.6) is 0 Å². The molecule has 0 unspecified atom stereocenters. The fourth-order valence-corrected chi connectivity index (χ4v) is 13.4. The SMILES string of the molecule is CC(C)(C)c1ccc2c(c1)c1cc(C(C)(C)C)ccc1n2-c1cc2c3c(c1)-n1c4ccc5cccc6c5c4c4c(ccc(c41)B3c1cccc3c4c5ccccc5ccc4n-2c13)-c1ccccc1-6. The van der Waals surface area contributed by atoms with Gasteiger partial charge in [0.1, 0.15) is 0 Å². The van der Waals surface area contributed by atoms with Gasteiger partial charge in [-0.3, -0.25) is 0 Å². The summed E-state index contributed by atoms with van der Waals surface area (Å²) < 4.78 is 7.90. The van der Waals surface area contributed by atoms with Crippen molar-refractivity contribution in [1.82, 2.24) is 13.7 Å². The standard InChI is InChI=1S/C64H46BN3/c1-63(2,3)37-23-29-50-46(31-37)47-32-38(64(4,5)6)24-30-51(47)66(50)39-33-54-60-55(34-39)68-53-28-22-36-14-11-18-43-41-16-9-10-17-42(41)44-25-26-49(62(68)58(44)59(53)56(36)43)65(60)48-20-12-19-45-57-40-15-8-7-13-35(40)21-27-52(57)67(54)61(45)48/h7-34H,1-6H3. The maximum Gasteiger partial charge on any atom is 0.252 e. The Hall–Kier alpha value is -7.82. The Bertz CT molecular complexity index is 4450. The number of rotatable bonds is 1. The Kier molecular flexibility index (Phi) is 6.69. The van der Waals surface area contributed by atoms with Crippen LogP contribution in [0, 0.1) is 0 Å². The van der Waals surface area contributed by atoms with Gasteiger partial charge in [0.25, 0.3) is 6.71 Å². The highest BCUT2D eigenvalue weighted by atomic mass is 15.1. The highest BCUT2D eigenvalue weighted by Gasteiger charge is 2.42. The van der Waals surface area contributed by atoms with Crippen LogP contribution >= 0.6 is 0 Å². The van der Waals surface area contributed by atoms with E-state index in [0.717, 1.165) is 0 Å². The van der Waals surface area contributed by atoms with Gasteiger partial charge in [-0.25, -0.2) is 0 Å². The summed E-state index contributed by atoms with van der Waals surface area (Å²) >= 11 is 0. The summed E-state index contributed by atoms with van der Waals surface area (Å²) in [5.74, 6) is 0. The zero-order valence-corrected chi connectivity index (χ0v) is 39.1. The van der Waals surface area contributed by atoms with E-state index in [4.69, 9.17) is 0 Å². The van der Waals surface area contributed by atoms with Crippen LogP contribution in [0.15, 0.2) is 170 Å². The average Bonchev–Trinajstić information content (AvgIpc) is 3.97. The van der Waals surface area contributed by atoms with Crippen molar-refractivity contribution in [3.8, 4) is 39.3 Å². The van der Waals surface area contributed by atoms with E-state index in [2.05, 4.69) is 225 Å². The highest BCUT2D eigenvalue weighted by Crippen LogP contribution is 2.51. The minimum atomic E-state index is 0.00783. The highest BCUT2D eigenvalue weighted by molar-refractivity contribution is 7.00. The van der Waals surface area contributed by atoms with E-state index in [1.54, 1.807) is 0 Å². The molecule has 4 heteroatoms. The largest absolute Gasteiger partial charge is 0.310 e. The first kappa shape index (κ1) is 37.3. The van der Waals surface area contributed by atoms with Crippen LogP contribution in [0.2, 0.25) is 0 Å². The molecule has 10 aromatic carbocycles. The van der Waals surface area contributed by atoms with Crippen LogP contribution < -0.4 is 16.4 Å². The molecule has 5 heterocycles. The van der Waals surface area contributed by atoms with Crippen molar-refractivity contribution in [2.45, 2.75) is 52.4 Å². The number of hydrogen-bond acceptors (Lipinski definition) is 0. The molecule has 1 aliphatic carbocycles. The summed E-state index contributed by atoms with van der Waals surface area (Å²) in [4.78, 5) is 0. The molecule has 0 fully saturated rings. The minimum Gasteiger partial charge on any atom is -0.310 e. The Morgan fingerprint density at radius 1 is 0.353 bits per heavy atom. The Balaban J connectivity index is 1.12. The lowest BCUT2D eigenvalue weighted by atomic mass is 9.34. The molecule has 13 aromatic rings. The molecule has 0 saturated carbocycles. The van der Waals surface area contributed by atoms with Crippen LogP contribution in [0.4, 0.5) is 0 Å². The van der Waals surface area contributed by atoms with Gasteiger partial charge in [-0.2, -0.15) is 0 Å². The van der Waals surface area contributed by atoms with Gasteiger partial charge in [-0.05, 0) is 131 Å².